The van der Waals surface area contributed by atoms with Gasteiger partial charge in [-0.25, -0.2) is 0 Å². The minimum atomic E-state index is 0.500. The molecule has 1 aliphatic carbocycles. The first-order valence-corrected chi connectivity index (χ1v) is 13.0. The Kier molecular flexibility index (Phi) is 7.72. The summed E-state index contributed by atoms with van der Waals surface area (Å²) in [6, 6.07) is 16.1. The molecule has 0 unspecified atom stereocenters. The minimum absolute atomic E-state index is 0.500. The first kappa shape index (κ1) is 23.1. The smallest absolute Gasteiger partial charge is 0.173 e. The maximum absolute atomic E-state index is 6.03. The number of nitrogens with zero attached hydrogens (tertiary/aromatic N) is 2. The minimum Gasteiger partial charge on any atom is -0.371 e. The van der Waals surface area contributed by atoms with Crippen LogP contribution in [0.2, 0.25) is 0 Å². The number of hydrogen-bond acceptors (Lipinski definition) is 2. The van der Waals surface area contributed by atoms with E-state index in [9.17, 15) is 0 Å². The zero-order valence-corrected chi connectivity index (χ0v) is 20.9. The van der Waals surface area contributed by atoms with E-state index in [1.54, 1.807) is 0 Å². The lowest BCUT2D eigenvalue weighted by atomic mass is 9.84. The Bertz CT molecular complexity index is 925. The Morgan fingerprint density at radius 3 is 2.72 bits per heavy atom. The van der Waals surface area contributed by atoms with Gasteiger partial charge in [0.2, 0.25) is 0 Å². The maximum atomic E-state index is 6.03. The van der Waals surface area contributed by atoms with Crippen LogP contribution in [0.4, 0.5) is 11.4 Å². The van der Waals surface area contributed by atoms with Gasteiger partial charge >= 0.3 is 0 Å². The third kappa shape index (κ3) is 5.28. The van der Waals surface area contributed by atoms with Crippen LogP contribution in [0.15, 0.2) is 42.5 Å². The fraction of sp³-hybridized carbons (Fsp3) is 0.536. The Hall–Kier alpha value is -2.07. The molecule has 1 aliphatic heterocycles. The molecular weight excluding hydrogens is 410 g/mol. The summed E-state index contributed by atoms with van der Waals surface area (Å²) < 4.78 is 0. The predicted octanol–water partition coefficient (Wildman–Crippen LogP) is 6.94. The second-order valence-corrected chi connectivity index (χ2v) is 10.1. The molecule has 1 fully saturated rings. The molecule has 0 aromatic heterocycles. The van der Waals surface area contributed by atoms with Gasteiger partial charge in [-0.15, -0.1) is 0 Å². The van der Waals surface area contributed by atoms with E-state index in [0.717, 1.165) is 23.9 Å². The van der Waals surface area contributed by atoms with Crippen molar-refractivity contribution < 1.29 is 0 Å². The molecular formula is C28H39N3S. The molecule has 4 heteroatoms. The molecule has 2 aromatic rings. The summed E-state index contributed by atoms with van der Waals surface area (Å²) in [5.41, 5.74) is 6.69. The van der Waals surface area contributed by atoms with Crippen LogP contribution in [0, 0.1) is 12.8 Å². The molecule has 32 heavy (non-hydrogen) atoms. The topological polar surface area (TPSA) is 18.5 Å². The predicted molar refractivity (Wildman–Crippen MR) is 142 cm³/mol. The van der Waals surface area contributed by atoms with E-state index in [2.05, 4.69) is 78.4 Å². The van der Waals surface area contributed by atoms with Gasteiger partial charge in [0.1, 0.15) is 0 Å². The van der Waals surface area contributed by atoms with Crippen LogP contribution >= 0.6 is 12.2 Å². The molecule has 2 atom stereocenters. The monoisotopic (exact) mass is 449 g/mol. The zero-order chi connectivity index (χ0) is 22.5. The molecule has 0 saturated heterocycles. The lowest BCUT2D eigenvalue weighted by molar-refractivity contribution is 0.177. The summed E-state index contributed by atoms with van der Waals surface area (Å²) in [6.07, 6.45) is 8.82. The van der Waals surface area contributed by atoms with Crippen molar-refractivity contribution in [2.75, 3.05) is 23.3 Å². The molecule has 1 N–H and O–H groups in total. The van der Waals surface area contributed by atoms with E-state index in [4.69, 9.17) is 12.2 Å². The summed E-state index contributed by atoms with van der Waals surface area (Å²) in [5, 5.41) is 4.45. The van der Waals surface area contributed by atoms with Crippen LogP contribution in [-0.2, 0) is 13.0 Å². The van der Waals surface area contributed by atoms with E-state index < -0.39 is 0 Å². The molecule has 0 spiro atoms. The van der Waals surface area contributed by atoms with Crippen molar-refractivity contribution in [3.8, 4) is 0 Å². The Labute approximate surface area is 200 Å². The molecule has 0 radical (unpaired) electrons. The normalized spacial score (nSPS) is 20.5. The average Bonchev–Trinajstić information content (AvgIpc) is 2.80. The molecule has 2 aliphatic rings. The SMILES string of the molecule is CCCN1CCCc2cc(CN(C(=S)Nc3ccccc3C)[C@H]3CCCC[C@@H]3C)ccc21. The number of thiocarbonyl (C=S) groups is 1. The van der Waals surface area contributed by atoms with E-state index in [-0.39, 0.29) is 0 Å². The first-order valence-electron chi connectivity index (χ1n) is 12.6. The van der Waals surface area contributed by atoms with Gasteiger partial charge in [-0.2, -0.15) is 0 Å². The number of benzene rings is 2. The van der Waals surface area contributed by atoms with Crippen LogP contribution in [0.1, 0.15) is 69.1 Å². The quantitative estimate of drug-likeness (QED) is 0.481. The molecule has 172 valence electrons. The van der Waals surface area contributed by atoms with Crippen molar-refractivity contribution in [1.82, 2.24) is 4.90 Å². The van der Waals surface area contributed by atoms with Crippen LogP contribution in [0.25, 0.3) is 0 Å². The van der Waals surface area contributed by atoms with Crippen LogP contribution in [0.3, 0.4) is 0 Å². The molecule has 4 rings (SSSR count). The van der Waals surface area contributed by atoms with Crippen LogP contribution in [-0.4, -0.2) is 29.1 Å². The number of rotatable bonds is 6. The fourth-order valence-corrected chi connectivity index (χ4v) is 5.84. The summed E-state index contributed by atoms with van der Waals surface area (Å²) in [5.74, 6) is 0.665. The lowest BCUT2D eigenvalue weighted by Crippen LogP contribution is -2.46. The van der Waals surface area contributed by atoms with E-state index >= 15 is 0 Å². The standard InChI is InChI=1S/C28H39N3S/c1-4-17-30-18-9-12-24-19-23(15-16-27(24)30)20-31(26-14-8-6-11-22(26)3)28(32)29-25-13-7-5-10-21(25)2/h5,7,10,13,15-16,19,22,26H,4,6,8-9,11-12,14,17-18,20H2,1-3H3,(H,29,32)/t22-,26-/m0/s1. The third-order valence-corrected chi connectivity index (χ3v) is 7.66. The molecule has 2 aromatic carbocycles. The highest BCUT2D eigenvalue weighted by Crippen LogP contribution is 2.32. The van der Waals surface area contributed by atoms with Crippen molar-refractivity contribution in [1.29, 1.82) is 0 Å². The van der Waals surface area contributed by atoms with Gasteiger partial charge in [0, 0.05) is 37.1 Å². The number of aryl methyl sites for hydroxylation is 2. The van der Waals surface area contributed by atoms with Crippen molar-refractivity contribution in [2.24, 2.45) is 5.92 Å². The maximum Gasteiger partial charge on any atom is 0.173 e. The summed E-state index contributed by atoms with van der Waals surface area (Å²) in [4.78, 5) is 5.05. The summed E-state index contributed by atoms with van der Waals surface area (Å²) in [7, 11) is 0. The molecule has 0 bridgehead atoms. The third-order valence-electron chi connectivity index (χ3n) is 7.32. The molecule has 1 saturated carbocycles. The second kappa shape index (κ2) is 10.7. The van der Waals surface area contributed by atoms with Gasteiger partial charge in [-0.1, -0.05) is 57.0 Å². The van der Waals surface area contributed by atoms with Gasteiger partial charge in [0.05, 0.1) is 0 Å². The highest BCUT2D eigenvalue weighted by atomic mass is 32.1. The number of fused-ring (bicyclic) bond motifs is 1. The van der Waals surface area contributed by atoms with Gasteiger partial charge in [0.25, 0.3) is 0 Å². The largest absolute Gasteiger partial charge is 0.371 e. The first-order chi connectivity index (χ1) is 15.6. The Morgan fingerprint density at radius 2 is 1.94 bits per heavy atom. The second-order valence-electron chi connectivity index (χ2n) is 9.76. The summed E-state index contributed by atoms with van der Waals surface area (Å²) in [6.45, 7) is 10.0. The van der Waals surface area contributed by atoms with Gasteiger partial charge < -0.3 is 15.1 Å². The zero-order valence-electron chi connectivity index (χ0n) is 20.1. The van der Waals surface area contributed by atoms with E-state index in [0.29, 0.717) is 12.0 Å². The van der Waals surface area contributed by atoms with Crippen LogP contribution in [0.5, 0.6) is 0 Å². The van der Waals surface area contributed by atoms with Crippen molar-refractivity contribution in [2.45, 2.75) is 78.3 Å². The number of hydrogen-bond donors (Lipinski definition) is 1. The number of nitrogens with one attached hydrogen (secondary N) is 1. The van der Waals surface area contributed by atoms with Crippen molar-refractivity contribution in [3.05, 3.63) is 59.2 Å². The van der Waals surface area contributed by atoms with Crippen molar-refractivity contribution >= 4 is 28.7 Å². The van der Waals surface area contributed by atoms with E-state index in [1.807, 2.05) is 0 Å². The lowest BCUT2D eigenvalue weighted by Gasteiger charge is -2.40. The Morgan fingerprint density at radius 1 is 1.12 bits per heavy atom. The van der Waals surface area contributed by atoms with Gasteiger partial charge in [0.15, 0.2) is 5.11 Å². The van der Waals surface area contributed by atoms with Gasteiger partial charge in [-0.3, -0.25) is 0 Å². The highest BCUT2D eigenvalue weighted by molar-refractivity contribution is 7.80. The van der Waals surface area contributed by atoms with E-state index in [1.165, 1.54) is 73.9 Å². The van der Waals surface area contributed by atoms with Crippen LogP contribution < -0.4 is 10.2 Å². The van der Waals surface area contributed by atoms with Gasteiger partial charge in [-0.05, 0) is 86.0 Å². The number of anilines is 2. The number of para-hydroxylation sites is 1. The van der Waals surface area contributed by atoms with Crippen molar-refractivity contribution in [3.63, 3.8) is 0 Å². The molecule has 0 amide bonds. The summed E-state index contributed by atoms with van der Waals surface area (Å²) >= 11 is 6.03. The molecule has 3 nitrogen and oxygen atoms in total. The fourth-order valence-electron chi connectivity index (χ4n) is 5.53. The molecule has 1 heterocycles. The highest BCUT2D eigenvalue weighted by Gasteiger charge is 2.29. The Balaban J connectivity index is 1.58. The average molecular weight is 450 g/mol.